The van der Waals surface area contributed by atoms with Gasteiger partial charge in [-0.05, 0) is 77.1 Å². The molecule has 0 amide bonds. The van der Waals surface area contributed by atoms with Crippen molar-refractivity contribution in [2.75, 3.05) is 11.4 Å². The van der Waals surface area contributed by atoms with E-state index in [0.717, 1.165) is 0 Å². The Bertz CT molecular complexity index is 1070. The normalized spacial score (nSPS) is 23.8. The molecule has 2 atom stereocenters. The van der Waals surface area contributed by atoms with E-state index in [1.165, 1.54) is 87.2 Å². The fourth-order valence-corrected chi connectivity index (χ4v) is 6.60. The molecule has 3 aliphatic rings. The highest BCUT2D eigenvalue weighted by Crippen LogP contribution is 2.52. The zero-order valence-electron chi connectivity index (χ0n) is 18.1. The van der Waals surface area contributed by atoms with Crippen LogP contribution in [-0.4, -0.2) is 6.54 Å². The zero-order chi connectivity index (χ0) is 19.9. The molecule has 2 aliphatic heterocycles. The number of fused-ring (bicyclic) bond motifs is 6. The molecule has 2 unspecified atom stereocenters. The van der Waals surface area contributed by atoms with Crippen molar-refractivity contribution in [3.8, 4) is 0 Å². The van der Waals surface area contributed by atoms with Crippen molar-refractivity contribution in [3.05, 3.63) is 76.9 Å². The Morgan fingerprint density at radius 2 is 1.53 bits per heavy atom. The molecule has 2 heterocycles. The van der Waals surface area contributed by atoms with Gasteiger partial charge < -0.3 is 4.90 Å². The van der Waals surface area contributed by atoms with Crippen LogP contribution in [0.15, 0.2) is 54.6 Å². The molecule has 154 valence electrons. The SMILES string of the molecule is c1ccc2c(c1)C1Cc3c4c(cc5ccccc35)CCCCCCCCCN2C4C1. The lowest BCUT2D eigenvalue weighted by molar-refractivity contribution is 0.437. The van der Waals surface area contributed by atoms with Gasteiger partial charge in [0.1, 0.15) is 0 Å². The topological polar surface area (TPSA) is 3.24 Å². The van der Waals surface area contributed by atoms with Crippen LogP contribution in [0.4, 0.5) is 5.69 Å². The van der Waals surface area contributed by atoms with Gasteiger partial charge in [-0.3, -0.25) is 0 Å². The molecule has 1 aliphatic carbocycles. The Hall–Kier alpha value is -2.28. The van der Waals surface area contributed by atoms with E-state index in [1.54, 1.807) is 22.3 Å². The maximum absolute atomic E-state index is 2.81. The van der Waals surface area contributed by atoms with Crippen molar-refractivity contribution in [1.29, 1.82) is 0 Å². The molecule has 0 saturated heterocycles. The van der Waals surface area contributed by atoms with E-state index in [1.807, 2.05) is 0 Å². The lowest BCUT2D eigenvalue weighted by atomic mass is 9.70. The van der Waals surface area contributed by atoms with Gasteiger partial charge in [0.25, 0.3) is 0 Å². The molecule has 0 N–H and O–H groups in total. The predicted molar refractivity (Wildman–Crippen MR) is 128 cm³/mol. The van der Waals surface area contributed by atoms with Gasteiger partial charge in [0, 0.05) is 12.2 Å². The first-order chi connectivity index (χ1) is 14.9. The van der Waals surface area contributed by atoms with Crippen molar-refractivity contribution < 1.29 is 0 Å². The quantitative estimate of drug-likeness (QED) is 0.376. The van der Waals surface area contributed by atoms with Crippen LogP contribution >= 0.6 is 0 Å². The lowest BCUT2D eigenvalue weighted by Crippen LogP contribution is -2.39. The van der Waals surface area contributed by atoms with Crippen molar-refractivity contribution >= 4 is 16.5 Å². The Morgan fingerprint density at radius 3 is 2.47 bits per heavy atom. The average molecular weight is 396 g/mol. The molecule has 3 aromatic carbocycles. The maximum atomic E-state index is 2.81. The molecule has 0 radical (unpaired) electrons. The molecule has 0 aromatic heterocycles. The van der Waals surface area contributed by atoms with Crippen molar-refractivity contribution in [2.45, 2.75) is 76.2 Å². The summed E-state index contributed by atoms with van der Waals surface area (Å²) in [7, 11) is 0. The number of nitrogens with zero attached hydrogens (tertiary/aromatic N) is 1. The Morgan fingerprint density at radius 1 is 0.767 bits per heavy atom. The van der Waals surface area contributed by atoms with Crippen LogP contribution in [0.2, 0.25) is 0 Å². The first-order valence-corrected chi connectivity index (χ1v) is 12.3. The van der Waals surface area contributed by atoms with Crippen LogP contribution in [0.3, 0.4) is 0 Å². The summed E-state index contributed by atoms with van der Waals surface area (Å²) in [6, 6.07) is 21.6. The third kappa shape index (κ3) is 3.06. The van der Waals surface area contributed by atoms with E-state index in [-0.39, 0.29) is 0 Å². The molecular weight excluding hydrogens is 362 g/mol. The van der Waals surface area contributed by atoms with Gasteiger partial charge in [0.2, 0.25) is 0 Å². The minimum absolute atomic E-state index is 0.564. The Labute approximate surface area is 181 Å². The van der Waals surface area contributed by atoms with Crippen LogP contribution in [0.5, 0.6) is 0 Å². The van der Waals surface area contributed by atoms with Gasteiger partial charge in [-0.15, -0.1) is 0 Å². The maximum Gasteiger partial charge on any atom is 0.0554 e. The summed E-state index contributed by atoms with van der Waals surface area (Å²) in [5.74, 6) is 0.671. The van der Waals surface area contributed by atoms with Crippen molar-refractivity contribution in [1.82, 2.24) is 0 Å². The first kappa shape index (κ1) is 18.5. The van der Waals surface area contributed by atoms with Crippen molar-refractivity contribution in [3.63, 3.8) is 0 Å². The van der Waals surface area contributed by atoms with E-state index >= 15 is 0 Å². The highest BCUT2D eigenvalue weighted by molar-refractivity contribution is 5.89. The largest absolute Gasteiger partial charge is 0.364 e. The third-order valence-corrected chi connectivity index (χ3v) is 7.99. The fourth-order valence-electron chi connectivity index (χ4n) is 6.60. The second-order valence-corrected chi connectivity index (χ2v) is 9.78. The molecule has 30 heavy (non-hydrogen) atoms. The monoisotopic (exact) mass is 395 g/mol. The van der Waals surface area contributed by atoms with Gasteiger partial charge in [0.05, 0.1) is 6.04 Å². The van der Waals surface area contributed by atoms with Gasteiger partial charge in [-0.2, -0.15) is 0 Å². The minimum atomic E-state index is 0.564. The molecule has 6 rings (SSSR count). The number of para-hydroxylation sites is 1. The van der Waals surface area contributed by atoms with E-state index in [9.17, 15) is 0 Å². The number of hydrogen-bond donors (Lipinski definition) is 0. The number of rotatable bonds is 0. The lowest BCUT2D eigenvalue weighted by Gasteiger charge is -2.47. The second kappa shape index (κ2) is 7.76. The smallest absolute Gasteiger partial charge is 0.0554 e. The molecular formula is C29H33N. The minimum Gasteiger partial charge on any atom is -0.364 e. The van der Waals surface area contributed by atoms with Gasteiger partial charge in [-0.25, -0.2) is 0 Å². The summed E-state index contributed by atoms with van der Waals surface area (Å²) in [5.41, 5.74) is 8.14. The summed E-state index contributed by atoms with van der Waals surface area (Å²) in [6.45, 7) is 1.21. The fraction of sp³-hybridized carbons (Fsp3) is 0.448. The van der Waals surface area contributed by atoms with Crippen LogP contribution in [-0.2, 0) is 12.8 Å². The molecule has 1 heteroatoms. The number of aryl methyl sites for hydroxylation is 1. The molecule has 3 aromatic rings. The summed E-state index contributed by atoms with van der Waals surface area (Å²) < 4.78 is 0. The third-order valence-electron chi connectivity index (χ3n) is 7.99. The highest BCUT2D eigenvalue weighted by Gasteiger charge is 2.39. The van der Waals surface area contributed by atoms with Gasteiger partial charge in [0.15, 0.2) is 0 Å². The summed E-state index contributed by atoms with van der Waals surface area (Å²) in [5, 5.41) is 2.96. The highest BCUT2D eigenvalue weighted by atomic mass is 15.2. The van der Waals surface area contributed by atoms with Gasteiger partial charge in [-0.1, -0.05) is 80.6 Å². The Kier molecular flexibility index (Phi) is 4.78. The van der Waals surface area contributed by atoms with Gasteiger partial charge >= 0.3 is 0 Å². The first-order valence-electron chi connectivity index (χ1n) is 12.3. The van der Waals surface area contributed by atoms with Crippen LogP contribution < -0.4 is 4.90 Å². The predicted octanol–water partition coefficient (Wildman–Crippen LogP) is 7.72. The average Bonchev–Trinajstić information content (AvgIpc) is 2.81. The standard InChI is InChI=1S/C29H33N/c1-2-4-6-13-22-18-21-12-7-8-14-24(21)26-19-23-20-28(29(22)26)30(17-11-5-3-1)27-16-10-9-15-25(23)27/h7-10,12,14-16,18,23,28H,1-6,11,13,17,19-20H2. The summed E-state index contributed by atoms with van der Waals surface area (Å²) >= 11 is 0. The van der Waals surface area contributed by atoms with E-state index < -0.39 is 0 Å². The van der Waals surface area contributed by atoms with Crippen molar-refractivity contribution in [2.24, 2.45) is 0 Å². The van der Waals surface area contributed by atoms with Crippen LogP contribution in [0, 0.1) is 0 Å². The number of anilines is 1. The van der Waals surface area contributed by atoms with E-state index in [4.69, 9.17) is 0 Å². The van der Waals surface area contributed by atoms with Crippen LogP contribution in [0.1, 0.15) is 85.6 Å². The second-order valence-electron chi connectivity index (χ2n) is 9.78. The number of hydrogen-bond acceptors (Lipinski definition) is 1. The molecule has 2 bridgehead atoms. The molecule has 1 nitrogen and oxygen atoms in total. The van der Waals surface area contributed by atoms with Crippen LogP contribution in [0.25, 0.3) is 10.8 Å². The van der Waals surface area contributed by atoms with E-state index in [0.29, 0.717) is 12.0 Å². The zero-order valence-corrected chi connectivity index (χ0v) is 18.1. The Balaban J connectivity index is 1.56. The molecule has 0 spiro atoms. The molecule has 0 saturated carbocycles. The summed E-state index contributed by atoms with van der Waals surface area (Å²) in [6.07, 6.45) is 13.4. The van der Waals surface area contributed by atoms with E-state index in [2.05, 4.69) is 59.5 Å². The summed E-state index contributed by atoms with van der Waals surface area (Å²) in [4.78, 5) is 2.81. The molecule has 0 fully saturated rings. The number of benzene rings is 3.